The highest BCUT2D eigenvalue weighted by Crippen LogP contribution is 2.37. The van der Waals surface area contributed by atoms with Crippen molar-refractivity contribution < 1.29 is 22.7 Å². The molecule has 0 radical (unpaired) electrons. The van der Waals surface area contributed by atoms with Gasteiger partial charge in [0.15, 0.2) is 0 Å². The van der Waals surface area contributed by atoms with E-state index < -0.39 is 23.6 Å². The minimum Gasteiger partial charge on any atom is -0.426 e. The summed E-state index contributed by atoms with van der Waals surface area (Å²) >= 11 is 0. The third-order valence-electron chi connectivity index (χ3n) is 4.92. The number of nitrogens with zero attached hydrogens (tertiary/aromatic N) is 2. The predicted molar refractivity (Wildman–Crippen MR) is 92.8 cm³/mol. The molecule has 1 aromatic carbocycles. The van der Waals surface area contributed by atoms with Crippen LogP contribution in [0.25, 0.3) is 0 Å². The lowest BCUT2D eigenvalue weighted by Gasteiger charge is -2.31. The van der Waals surface area contributed by atoms with Gasteiger partial charge in [-0.05, 0) is 30.2 Å². The van der Waals surface area contributed by atoms with E-state index in [-0.39, 0.29) is 12.1 Å². The molecule has 142 valence electrons. The van der Waals surface area contributed by atoms with Crippen molar-refractivity contribution in [1.82, 2.24) is 10.3 Å². The van der Waals surface area contributed by atoms with Crippen LogP contribution in [0.15, 0.2) is 36.5 Å². The number of hydrogen-bond donors (Lipinski definition) is 1. The normalized spacial score (nSPS) is 20.2. The molecule has 27 heavy (non-hydrogen) atoms. The zero-order valence-electron chi connectivity index (χ0n) is 14.4. The van der Waals surface area contributed by atoms with Gasteiger partial charge in [0.2, 0.25) is 0 Å². The molecule has 5 nitrogen and oxygen atoms in total. The lowest BCUT2D eigenvalue weighted by Crippen LogP contribution is -2.43. The van der Waals surface area contributed by atoms with Crippen LogP contribution >= 0.6 is 0 Å². The number of fused-ring (bicyclic) bond motifs is 1. The van der Waals surface area contributed by atoms with Gasteiger partial charge >= 0.3 is 12.1 Å². The standard InChI is InChI=1S/C19H18F3N3O2/c20-19(21,22)13-3-4-24-16(10-13)15-9-12-1-2-14(11-17(12)27-18(15)26)25-7-5-23-6-8-25/h1-4,10-11,15,23H,5-9H2. The highest BCUT2D eigenvalue weighted by molar-refractivity contribution is 5.83. The highest BCUT2D eigenvalue weighted by Gasteiger charge is 2.35. The topological polar surface area (TPSA) is 54.5 Å². The Bertz CT molecular complexity index is 864. The molecule has 1 N–H and O–H groups in total. The van der Waals surface area contributed by atoms with E-state index in [1.54, 1.807) is 0 Å². The molecule has 1 fully saturated rings. The second kappa shape index (κ2) is 6.84. The van der Waals surface area contributed by atoms with E-state index in [0.29, 0.717) is 5.75 Å². The maximum atomic E-state index is 12.9. The van der Waals surface area contributed by atoms with Crippen LogP contribution in [0.5, 0.6) is 5.75 Å². The number of anilines is 1. The number of piperazine rings is 1. The van der Waals surface area contributed by atoms with Gasteiger partial charge in [-0.2, -0.15) is 13.2 Å². The van der Waals surface area contributed by atoms with Gasteiger partial charge in [0.05, 0.1) is 11.3 Å². The molecule has 2 aromatic rings. The van der Waals surface area contributed by atoms with E-state index in [1.807, 2.05) is 18.2 Å². The SMILES string of the molecule is O=C1Oc2cc(N3CCNCC3)ccc2CC1c1cc(C(F)(F)F)ccn1. The van der Waals surface area contributed by atoms with Gasteiger partial charge in [-0.25, -0.2) is 0 Å². The molecular formula is C19H18F3N3O2. The van der Waals surface area contributed by atoms with Crippen molar-refractivity contribution in [1.29, 1.82) is 0 Å². The summed E-state index contributed by atoms with van der Waals surface area (Å²) in [5.74, 6) is -0.948. The fourth-order valence-corrected chi connectivity index (χ4v) is 3.45. The number of carbonyl (C=O) groups is 1. The number of ether oxygens (including phenoxy) is 1. The number of hydrogen-bond acceptors (Lipinski definition) is 5. The lowest BCUT2D eigenvalue weighted by atomic mass is 9.92. The van der Waals surface area contributed by atoms with Crippen LogP contribution in [-0.2, 0) is 17.4 Å². The molecule has 4 rings (SSSR count). The Morgan fingerprint density at radius 2 is 1.93 bits per heavy atom. The van der Waals surface area contributed by atoms with Crippen LogP contribution < -0.4 is 15.0 Å². The van der Waals surface area contributed by atoms with Crippen molar-refractivity contribution in [3.8, 4) is 5.75 Å². The molecule has 0 spiro atoms. The first-order valence-corrected chi connectivity index (χ1v) is 8.75. The third kappa shape index (κ3) is 3.62. The minimum atomic E-state index is -4.48. The summed E-state index contributed by atoms with van der Waals surface area (Å²) in [6.45, 7) is 3.51. The summed E-state index contributed by atoms with van der Waals surface area (Å²) in [7, 11) is 0. The number of rotatable bonds is 2. The Morgan fingerprint density at radius 3 is 2.67 bits per heavy atom. The van der Waals surface area contributed by atoms with E-state index in [4.69, 9.17) is 4.74 Å². The Balaban J connectivity index is 1.59. The van der Waals surface area contributed by atoms with Gasteiger partial charge in [0.25, 0.3) is 0 Å². The van der Waals surface area contributed by atoms with Crippen molar-refractivity contribution in [2.45, 2.75) is 18.5 Å². The van der Waals surface area contributed by atoms with E-state index in [0.717, 1.165) is 55.8 Å². The second-order valence-corrected chi connectivity index (χ2v) is 6.67. The largest absolute Gasteiger partial charge is 0.426 e. The molecule has 1 unspecified atom stereocenters. The van der Waals surface area contributed by atoms with E-state index in [9.17, 15) is 18.0 Å². The van der Waals surface area contributed by atoms with Crippen molar-refractivity contribution in [2.75, 3.05) is 31.1 Å². The molecule has 2 aliphatic heterocycles. The average molecular weight is 377 g/mol. The Labute approximate surface area is 154 Å². The summed E-state index contributed by atoms with van der Waals surface area (Å²) < 4.78 is 44.3. The Morgan fingerprint density at radius 1 is 1.15 bits per heavy atom. The smallest absolute Gasteiger partial charge is 0.416 e. The van der Waals surface area contributed by atoms with Gasteiger partial charge in [-0.1, -0.05) is 6.07 Å². The van der Waals surface area contributed by atoms with Crippen LogP contribution in [0.1, 0.15) is 22.7 Å². The van der Waals surface area contributed by atoms with Crippen LogP contribution in [0, 0.1) is 0 Å². The fraction of sp³-hybridized carbons (Fsp3) is 0.368. The molecule has 1 atom stereocenters. The predicted octanol–water partition coefficient (Wildman–Crippen LogP) is 2.76. The number of aromatic nitrogens is 1. The van der Waals surface area contributed by atoms with Gasteiger partial charge in [-0.15, -0.1) is 0 Å². The molecule has 0 aliphatic carbocycles. The van der Waals surface area contributed by atoms with Crippen molar-refractivity contribution in [3.63, 3.8) is 0 Å². The molecule has 0 amide bonds. The maximum absolute atomic E-state index is 12.9. The third-order valence-corrected chi connectivity index (χ3v) is 4.92. The Kier molecular flexibility index (Phi) is 4.51. The molecule has 1 saturated heterocycles. The van der Waals surface area contributed by atoms with Crippen LogP contribution in [-0.4, -0.2) is 37.1 Å². The van der Waals surface area contributed by atoms with Crippen LogP contribution in [0.2, 0.25) is 0 Å². The van der Waals surface area contributed by atoms with Crippen molar-refractivity contribution >= 4 is 11.7 Å². The number of carbonyl (C=O) groups excluding carboxylic acids is 1. The highest BCUT2D eigenvalue weighted by atomic mass is 19.4. The van der Waals surface area contributed by atoms with Gasteiger partial charge in [-0.3, -0.25) is 9.78 Å². The van der Waals surface area contributed by atoms with Crippen molar-refractivity contribution in [2.24, 2.45) is 0 Å². The van der Waals surface area contributed by atoms with Gasteiger partial charge in [0.1, 0.15) is 11.7 Å². The summed E-state index contributed by atoms with van der Waals surface area (Å²) in [5, 5.41) is 3.28. The second-order valence-electron chi connectivity index (χ2n) is 6.67. The number of nitrogens with one attached hydrogen (secondary N) is 1. The summed E-state index contributed by atoms with van der Waals surface area (Å²) in [5.41, 5.74) is 1.02. The van der Waals surface area contributed by atoms with E-state index in [1.165, 1.54) is 0 Å². The number of benzene rings is 1. The number of esters is 1. The van der Waals surface area contributed by atoms with Crippen LogP contribution in [0.3, 0.4) is 0 Å². The first-order chi connectivity index (χ1) is 12.9. The van der Waals surface area contributed by atoms with Crippen molar-refractivity contribution in [3.05, 3.63) is 53.3 Å². The molecule has 2 aliphatic rings. The monoisotopic (exact) mass is 377 g/mol. The zero-order chi connectivity index (χ0) is 19.0. The molecule has 8 heteroatoms. The van der Waals surface area contributed by atoms with Gasteiger partial charge in [0, 0.05) is 44.1 Å². The first-order valence-electron chi connectivity index (χ1n) is 8.75. The van der Waals surface area contributed by atoms with E-state index in [2.05, 4.69) is 15.2 Å². The molecule has 3 heterocycles. The zero-order valence-corrected chi connectivity index (χ0v) is 14.4. The molecule has 0 saturated carbocycles. The van der Waals surface area contributed by atoms with Gasteiger partial charge < -0.3 is 15.0 Å². The molecular weight excluding hydrogens is 359 g/mol. The summed E-state index contributed by atoms with van der Waals surface area (Å²) in [6, 6.07) is 7.48. The number of pyridine rings is 1. The fourth-order valence-electron chi connectivity index (χ4n) is 3.45. The van der Waals surface area contributed by atoms with E-state index >= 15 is 0 Å². The van der Waals surface area contributed by atoms with Crippen LogP contribution in [0.4, 0.5) is 18.9 Å². The summed E-state index contributed by atoms with van der Waals surface area (Å²) in [4.78, 5) is 18.6. The summed E-state index contributed by atoms with van der Waals surface area (Å²) in [6.07, 6.45) is -3.13. The maximum Gasteiger partial charge on any atom is 0.416 e. The first kappa shape index (κ1) is 17.8. The quantitative estimate of drug-likeness (QED) is 0.644. The molecule has 1 aromatic heterocycles. The number of halogens is 3. The Hall–Kier alpha value is -2.61. The average Bonchev–Trinajstić information content (AvgIpc) is 2.67. The minimum absolute atomic E-state index is 0.0756. The lowest BCUT2D eigenvalue weighted by molar-refractivity contribution is -0.139. The molecule has 0 bridgehead atoms. The number of alkyl halides is 3.